The second kappa shape index (κ2) is 30.4. The lowest BCUT2D eigenvalue weighted by atomic mass is 10.0. The van der Waals surface area contributed by atoms with Crippen LogP contribution in [0.3, 0.4) is 0 Å². The molecule has 0 spiro atoms. The Labute approximate surface area is 261 Å². The second-order valence-corrected chi connectivity index (χ2v) is 14.4. The van der Waals surface area contributed by atoms with Gasteiger partial charge in [-0.2, -0.15) is 8.42 Å². The average molecular weight is 618 g/mol. The van der Waals surface area contributed by atoms with Crippen LogP contribution in [0.15, 0.2) is 0 Å². The molecule has 2 unspecified atom stereocenters. The predicted molar refractivity (Wildman–Crippen MR) is 180 cm³/mol. The molecule has 42 heavy (non-hydrogen) atoms. The van der Waals surface area contributed by atoms with Crippen LogP contribution in [0.2, 0.25) is 0 Å². The van der Waals surface area contributed by atoms with Crippen LogP contribution in [0, 0.1) is 0 Å². The predicted octanol–water partition coefficient (Wildman–Crippen LogP) is 10.1. The number of rotatable bonds is 33. The normalized spacial score (nSPS) is 13.3. The number of nitrogens with one attached hydrogen (secondary N) is 1. The van der Waals surface area contributed by atoms with Crippen molar-refractivity contribution in [2.45, 2.75) is 212 Å². The second-order valence-electron chi connectivity index (χ2n) is 12.9. The van der Waals surface area contributed by atoms with Crippen molar-refractivity contribution in [1.82, 2.24) is 5.32 Å². The molecule has 0 aromatic heterocycles. The standard InChI is InChI=1S/C35H71NO5S/c1-3-5-7-9-11-13-14-15-16-17-18-19-20-21-23-24-26-28-30-34(37)33(32-42(39,40)41)36-35(38)31-29-27-25-22-12-10-8-6-4-2/h33-34,37H,3-32H2,1-2H3,(H,36,38)(H,39,40,41). The Kier molecular flexibility index (Phi) is 29.9. The minimum atomic E-state index is -4.29. The molecule has 0 aromatic rings. The van der Waals surface area contributed by atoms with Crippen molar-refractivity contribution in [1.29, 1.82) is 0 Å². The molecule has 0 radical (unpaired) electrons. The average Bonchev–Trinajstić information content (AvgIpc) is 2.94. The Hall–Kier alpha value is -0.660. The molecular formula is C35H71NO5S. The highest BCUT2D eigenvalue weighted by Gasteiger charge is 2.26. The minimum Gasteiger partial charge on any atom is -0.391 e. The van der Waals surface area contributed by atoms with E-state index in [1.807, 2.05) is 0 Å². The van der Waals surface area contributed by atoms with Gasteiger partial charge in [-0.15, -0.1) is 0 Å². The highest BCUT2D eigenvalue weighted by molar-refractivity contribution is 7.85. The first-order chi connectivity index (χ1) is 20.3. The molecule has 0 saturated carbocycles. The Morgan fingerprint density at radius 1 is 0.548 bits per heavy atom. The van der Waals surface area contributed by atoms with E-state index in [-0.39, 0.29) is 5.91 Å². The molecule has 2 atom stereocenters. The maximum absolute atomic E-state index is 12.4. The summed E-state index contributed by atoms with van der Waals surface area (Å²) in [5.74, 6) is -0.889. The van der Waals surface area contributed by atoms with Gasteiger partial charge in [-0.25, -0.2) is 0 Å². The maximum Gasteiger partial charge on any atom is 0.266 e. The molecule has 7 heteroatoms. The van der Waals surface area contributed by atoms with E-state index in [9.17, 15) is 22.9 Å². The van der Waals surface area contributed by atoms with Crippen molar-refractivity contribution in [2.75, 3.05) is 5.75 Å². The Balaban J connectivity index is 3.83. The summed E-state index contributed by atoms with van der Waals surface area (Å²) in [5.41, 5.74) is 0. The topological polar surface area (TPSA) is 104 Å². The largest absolute Gasteiger partial charge is 0.391 e. The van der Waals surface area contributed by atoms with Crippen LogP contribution in [0.1, 0.15) is 200 Å². The molecule has 0 bridgehead atoms. The van der Waals surface area contributed by atoms with E-state index in [2.05, 4.69) is 19.2 Å². The van der Waals surface area contributed by atoms with Crippen LogP contribution >= 0.6 is 0 Å². The molecule has 0 aliphatic carbocycles. The number of unbranched alkanes of at least 4 members (excludes halogenated alkanes) is 25. The summed E-state index contributed by atoms with van der Waals surface area (Å²) in [6.45, 7) is 4.49. The number of aliphatic hydroxyl groups is 1. The summed E-state index contributed by atoms with van der Waals surface area (Å²) < 4.78 is 32.3. The fourth-order valence-corrected chi connectivity index (χ4v) is 6.57. The van der Waals surface area contributed by atoms with Crippen molar-refractivity contribution >= 4 is 16.0 Å². The van der Waals surface area contributed by atoms with E-state index in [1.54, 1.807) is 0 Å². The zero-order chi connectivity index (χ0) is 31.2. The maximum atomic E-state index is 12.4. The molecule has 0 rings (SSSR count). The first-order valence-electron chi connectivity index (χ1n) is 18.2. The van der Waals surface area contributed by atoms with E-state index in [0.717, 1.165) is 38.5 Å². The number of carbonyl (C=O) groups is 1. The smallest absolute Gasteiger partial charge is 0.266 e. The van der Waals surface area contributed by atoms with Crippen LogP contribution in [0.5, 0.6) is 0 Å². The van der Waals surface area contributed by atoms with Gasteiger partial charge in [0, 0.05) is 6.42 Å². The third kappa shape index (κ3) is 30.8. The Morgan fingerprint density at radius 2 is 0.857 bits per heavy atom. The number of hydrogen-bond acceptors (Lipinski definition) is 4. The molecule has 0 aliphatic heterocycles. The molecule has 0 aliphatic rings. The van der Waals surface area contributed by atoms with Crippen molar-refractivity contribution in [3.63, 3.8) is 0 Å². The molecule has 252 valence electrons. The lowest BCUT2D eigenvalue weighted by Gasteiger charge is -2.23. The fourth-order valence-electron chi connectivity index (χ4n) is 5.81. The fraction of sp³-hybridized carbons (Fsp3) is 0.971. The summed E-state index contributed by atoms with van der Waals surface area (Å²) in [7, 11) is -4.29. The number of hydrogen-bond donors (Lipinski definition) is 3. The Bertz CT molecular complexity index is 685. The molecular weight excluding hydrogens is 546 g/mol. The number of amides is 1. The van der Waals surface area contributed by atoms with E-state index in [0.29, 0.717) is 12.8 Å². The summed E-state index contributed by atoms with van der Waals surface area (Å²) >= 11 is 0. The van der Waals surface area contributed by atoms with Crippen molar-refractivity contribution in [3.05, 3.63) is 0 Å². The lowest BCUT2D eigenvalue weighted by molar-refractivity contribution is -0.122. The van der Waals surface area contributed by atoms with E-state index < -0.39 is 28.0 Å². The van der Waals surface area contributed by atoms with Crippen molar-refractivity contribution < 1.29 is 22.9 Å². The van der Waals surface area contributed by atoms with Crippen LogP contribution in [0.4, 0.5) is 0 Å². The summed E-state index contributed by atoms with van der Waals surface area (Å²) in [4.78, 5) is 12.4. The van der Waals surface area contributed by atoms with Crippen LogP contribution < -0.4 is 5.32 Å². The van der Waals surface area contributed by atoms with Crippen molar-refractivity contribution in [2.24, 2.45) is 0 Å². The van der Waals surface area contributed by atoms with Gasteiger partial charge >= 0.3 is 0 Å². The van der Waals surface area contributed by atoms with Gasteiger partial charge in [-0.1, -0.05) is 181 Å². The van der Waals surface area contributed by atoms with Gasteiger partial charge in [-0.3, -0.25) is 9.35 Å². The molecule has 0 fully saturated rings. The SMILES string of the molecule is CCCCCCCCCCCCCCCCCCCCC(O)C(CS(=O)(=O)O)NC(=O)CCCCCCCCCCC. The third-order valence-electron chi connectivity index (χ3n) is 8.56. The zero-order valence-electron chi connectivity index (χ0n) is 27.9. The molecule has 0 aromatic carbocycles. The highest BCUT2D eigenvalue weighted by Crippen LogP contribution is 2.16. The first kappa shape index (κ1) is 41.3. The molecule has 0 heterocycles. The molecule has 3 N–H and O–H groups in total. The van der Waals surface area contributed by atoms with Gasteiger partial charge in [0.05, 0.1) is 17.9 Å². The van der Waals surface area contributed by atoms with Crippen LogP contribution in [-0.2, 0) is 14.9 Å². The first-order valence-corrected chi connectivity index (χ1v) is 19.8. The van der Waals surface area contributed by atoms with Gasteiger partial charge in [0.15, 0.2) is 0 Å². The summed E-state index contributed by atoms with van der Waals surface area (Å²) in [6.07, 6.45) is 33.4. The van der Waals surface area contributed by atoms with Gasteiger partial charge in [0.1, 0.15) is 0 Å². The minimum absolute atomic E-state index is 0.247. The van der Waals surface area contributed by atoms with Gasteiger partial charge < -0.3 is 10.4 Å². The quantitative estimate of drug-likeness (QED) is 0.0502. The van der Waals surface area contributed by atoms with E-state index >= 15 is 0 Å². The monoisotopic (exact) mass is 618 g/mol. The molecule has 1 amide bonds. The van der Waals surface area contributed by atoms with Crippen LogP contribution in [0.25, 0.3) is 0 Å². The third-order valence-corrected chi connectivity index (χ3v) is 9.34. The summed E-state index contributed by atoms with van der Waals surface area (Å²) in [6, 6.07) is -0.961. The van der Waals surface area contributed by atoms with Gasteiger partial charge in [0.2, 0.25) is 5.91 Å². The van der Waals surface area contributed by atoms with Crippen molar-refractivity contribution in [3.8, 4) is 0 Å². The van der Waals surface area contributed by atoms with Gasteiger partial charge in [-0.05, 0) is 12.8 Å². The molecule has 6 nitrogen and oxygen atoms in total. The number of carbonyl (C=O) groups excluding carboxylic acids is 1. The highest BCUT2D eigenvalue weighted by atomic mass is 32.2. The summed E-state index contributed by atoms with van der Waals surface area (Å²) in [5, 5.41) is 13.3. The van der Waals surface area contributed by atoms with E-state index in [4.69, 9.17) is 0 Å². The molecule has 0 saturated heterocycles. The lowest BCUT2D eigenvalue weighted by Crippen LogP contribution is -2.47. The van der Waals surface area contributed by atoms with E-state index in [1.165, 1.54) is 135 Å². The van der Waals surface area contributed by atoms with Crippen LogP contribution in [-0.4, -0.2) is 41.9 Å². The zero-order valence-corrected chi connectivity index (χ0v) is 28.7. The number of aliphatic hydroxyl groups excluding tert-OH is 1. The van der Waals surface area contributed by atoms with Gasteiger partial charge in [0.25, 0.3) is 10.1 Å². The Morgan fingerprint density at radius 3 is 1.19 bits per heavy atom.